The highest BCUT2D eigenvalue weighted by molar-refractivity contribution is 7.81. The quantitative estimate of drug-likeness (QED) is 0.0863. The third-order valence-corrected chi connectivity index (χ3v) is 11.8. The normalized spacial score (nSPS) is 14.2. The number of aryl methyl sites for hydroxylation is 3. The lowest BCUT2D eigenvalue weighted by Gasteiger charge is -2.17. The summed E-state index contributed by atoms with van der Waals surface area (Å²) in [6.07, 6.45) is 16.0. The largest absolute Gasteiger partial charge is 0.332 e. The van der Waals surface area contributed by atoms with E-state index >= 15 is 0 Å². The van der Waals surface area contributed by atoms with E-state index < -0.39 is 0 Å². The van der Waals surface area contributed by atoms with E-state index in [1.165, 1.54) is 40.7 Å². The molecule has 1 aliphatic carbocycles. The maximum absolute atomic E-state index is 14.5. The van der Waals surface area contributed by atoms with E-state index in [0.717, 1.165) is 94.1 Å². The zero-order chi connectivity index (χ0) is 45.0. The molecule has 2 unspecified atom stereocenters. The first-order valence-corrected chi connectivity index (χ1v) is 22.8. The van der Waals surface area contributed by atoms with Gasteiger partial charge in [0, 0.05) is 41.3 Å². The van der Waals surface area contributed by atoms with E-state index in [1.807, 2.05) is 38.4 Å². The number of nitrogens with zero attached hydrogens (tertiary/aromatic N) is 6. The average Bonchev–Trinajstić information content (AvgIpc) is 3.90. The summed E-state index contributed by atoms with van der Waals surface area (Å²) < 4.78 is 21.3. The minimum absolute atomic E-state index is 0.0426. The summed E-state index contributed by atoms with van der Waals surface area (Å²) >= 11 is 4.17. The molecule has 0 fully saturated rings. The number of hydrogen-bond donors (Lipinski definition) is 2. The van der Waals surface area contributed by atoms with Gasteiger partial charge in [0.05, 0.1) is 5.69 Å². The number of benzene rings is 2. The van der Waals surface area contributed by atoms with Crippen molar-refractivity contribution in [1.82, 2.24) is 24.4 Å². The first kappa shape index (κ1) is 48.9. The van der Waals surface area contributed by atoms with Crippen LogP contribution in [-0.2, 0) is 19.3 Å². The molecule has 0 saturated heterocycles. The van der Waals surface area contributed by atoms with Crippen LogP contribution in [0.4, 0.5) is 10.1 Å². The third-order valence-electron chi connectivity index (χ3n) is 11.6. The third kappa shape index (κ3) is 12.2. The molecule has 9 heteroatoms. The molecule has 1 N–H and O–H groups in total. The molecule has 3 aromatic heterocycles. The number of nitrogens with one attached hydrogen (secondary N) is 1. The van der Waals surface area contributed by atoms with Gasteiger partial charge in [0.25, 0.3) is 0 Å². The molecule has 7 nitrogen and oxygen atoms in total. The van der Waals surface area contributed by atoms with Crippen molar-refractivity contribution in [2.75, 3.05) is 11.8 Å². The van der Waals surface area contributed by atoms with Crippen molar-refractivity contribution >= 4 is 35.4 Å². The molecule has 0 radical (unpaired) electrons. The second kappa shape index (κ2) is 22.9. The highest BCUT2D eigenvalue weighted by Crippen LogP contribution is 2.40. The molecular formula is C52H72FN7S. The van der Waals surface area contributed by atoms with E-state index in [4.69, 9.17) is 5.10 Å². The van der Waals surface area contributed by atoms with Gasteiger partial charge in [-0.1, -0.05) is 117 Å². The van der Waals surface area contributed by atoms with Crippen molar-refractivity contribution in [3.63, 3.8) is 0 Å². The summed E-state index contributed by atoms with van der Waals surface area (Å²) in [6, 6.07) is 14.3. The zero-order valence-electron chi connectivity index (χ0n) is 39.3. The second-order valence-corrected chi connectivity index (χ2v) is 17.5. The van der Waals surface area contributed by atoms with Crippen molar-refractivity contribution in [1.29, 1.82) is 0 Å². The van der Waals surface area contributed by atoms with Gasteiger partial charge in [-0.3, -0.25) is 9.39 Å². The molecule has 0 amide bonds. The van der Waals surface area contributed by atoms with E-state index in [0.29, 0.717) is 17.8 Å². The Kier molecular flexibility index (Phi) is 18.4. The number of rotatable bonds is 14. The highest BCUT2D eigenvalue weighted by atomic mass is 32.1. The summed E-state index contributed by atoms with van der Waals surface area (Å²) in [5.41, 5.74) is 16.3. The lowest BCUT2D eigenvalue weighted by atomic mass is 9.89. The van der Waals surface area contributed by atoms with Gasteiger partial charge >= 0.3 is 0 Å². The molecule has 0 spiro atoms. The monoisotopic (exact) mass is 846 g/mol. The number of allylic oxidation sites excluding steroid dienone is 5. The fourth-order valence-corrected chi connectivity index (χ4v) is 8.40. The SMILES string of the molecule is C=C(C)n1nc(-c2ccc(C)c(NS)c2)cc(C(C)C)c1=NC.CC.CCc1c(F)ccc2c1C(CCc1cc(C(/C=C\C(C)CCC(C)C)=C(C)C)c3nncn3c1)CC2. The Morgan fingerprint density at radius 2 is 1.79 bits per heavy atom. The molecule has 2 atom stereocenters. The van der Waals surface area contributed by atoms with Gasteiger partial charge in [0.15, 0.2) is 11.1 Å². The van der Waals surface area contributed by atoms with Gasteiger partial charge in [-0.2, -0.15) is 5.10 Å². The van der Waals surface area contributed by atoms with Crippen LogP contribution < -0.4 is 10.2 Å². The smallest absolute Gasteiger partial charge is 0.168 e. The first-order valence-electron chi connectivity index (χ1n) is 22.4. The summed E-state index contributed by atoms with van der Waals surface area (Å²) in [4.78, 5) is 4.41. The standard InChI is InChI=1S/C32H42FN3.C18H24N4S.C2H6/c1-7-27-30(33)17-15-26-14-13-25(31(26)27)12-11-24-18-29(32-35-34-20-36(32)19-24)28(22(4)5)16-10-23(6)9-8-21(2)3;1-11(2)15-10-17(20-22(12(3)4)18(15)19-6)14-8-7-13(5)16(9-14)21-23;1-2/h10,15-21,23,25H,7-9,11-14H2,1-6H3;7-11,21,23H,3H2,1-2,4-6H3;1-2H3/b16-10-;;. The van der Waals surface area contributed by atoms with Crippen LogP contribution in [0.3, 0.4) is 0 Å². The summed E-state index contributed by atoms with van der Waals surface area (Å²) in [5, 5.41) is 13.4. The molecule has 0 bridgehead atoms. The van der Waals surface area contributed by atoms with Gasteiger partial charge in [0.2, 0.25) is 0 Å². The molecule has 61 heavy (non-hydrogen) atoms. The number of hydrogen-bond acceptors (Lipinski definition) is 6. The van der Waals surface area contributed by atoms with Crippen LogP contribution in [0.1, 0.15) is 153 Å². The van der Waals surface area contributed by atoms with E-state index in [2.05, 4.69) is 148 Å². The first-order chi connectivity index (χ1) is 29.2. The van der Waals surface area contributed by atoms with E-state index in [9.17, 15) is 4.39 Å². The van der Waals surface area contributed by atoms with Crippen LogP contribution in [0.2, 0.25) is 0 Å². The Bertz CT molecular complexity index is 2390. The van der Waals surface area contributed by atoms with Gasteiger partial charge in [-0.05, 0) is 148 Å². The Balaban J connectivity index is 0.000000283. The topological polar surface area (TPSA) is 72.4 Å². The molecule has 2 aromatic carbocycles. The molecule has 0 saturated carbocycles. The van der Waals surface area contributed by atoms with Gasteiger partial charge in [0.1, 0.15) is 12.1 Å². The number of fused-ring (bicyclic) bond motifs is 2. The summed E-state index contributed by atoms with van der Waals surface area (Å²) in [6.45, 7) is 29.6. The van der Waals surface area contributed by atoms with Crippen LogP contribution in [0.5, 0.6) is 0 Å². The average molecular weight is 846 g/mol. The van der Waals surface area contributed by atoms with Crippen LogP contribution in [0.25, 0.3) is 28.2 Å². The van der Waals surface area contributed by atoms with Crippen molar-refractivity contribution in [2.24, 2.45) is 16.8 Å². The maximum atomic E-state index is 14.5. The fourth-order valence-electron chi connectivity index (χ4n) is 8.16. The van der Waals surface area contributed by atoms with Crippen LogP contribution >= 0.6 is 12.8 Å². The Labute approximate surface area is 372 Å². The highest BCUT2D eigenvalue weighted by Gasteiger charge is 2.26. The Morgan fingerprint density at radius 3 is 2.41 bits per heavy atom. The molecule has 328 valence electrons. The van der Waals surface area contributed by atoms with Crippen molar-refractivity contribution in [3.05, 3.63) is 130 Å². The number of halogens is 1. The van der Waals surface area contributed by atoms with Crippen LogP contribution in [0.15, 0.2) is 84.3 Å². The van der Waals surface area contributed by atoms with Crippen molar-refractivity contribution < 1.29 is 4.39 Å². The molecule has 5 aromatic rings. The summed E-state index contributed by atoms with van der Waals surface area (Å²) in [5.74, 6) is 1.99. The number of thiol groups is 1. The minimum Gasteiger partial charge on any atom is -0.332 e. The predicted molar refractivity (Wildman–Crippen MR) is 262 cm³/mol. The molecule has 6 rings (SSSR count). The maximum Gasteiger partial charge on any atom is 0.168 e. The molecule has 3 heterocycles. The number of pyridine rings is 1. The molecule has 0 aliphatic heterocycles. The summed E-state index contributed by atoms with van der Waals surface area (Å²) in [7, 11) is 1.79. The van der Waals surface area contributed by atoms with E-state index in [1.54, 1.807) is 19.4 Å². The second-order valence-electron chi connectivity index (χ2n) is 17.2. The van der Waals surface area contributed by atoms with Crippen molar-refractivity contribution in [3.8, 4) is 11.3 Å². The zero-order valence-corrected chi connectivity index (χ0v) is 40.2. The predicted octanol–water partition coefficient (Wildman–Crippen LogP) is 13.8. The lowest BCUT2D eigenvalue weighted by Crippen LogP contribution is -2.27. The van der Waals surface area contributed by atoms with E-state index in [-0.39, 0.29) is 5.82 Å². The van der Waals surface area contributed by atoms with Gasteiger partial charge < -0.3 is 4.72 Å². The molecule has 1 aliphatic rings. The van der Waals surface area contributed by atoms with Crippen LogP contribution in [0, 0.1) is 24.6 Å². The minimum atomic E-state index is -0.0426. The Hall–Kier alpha value is -4.76. The van der Waals surface area contributed by atoms with Crippen LogP contribution in [-0.4, -0.2) is 31.4 Å². The number of aromatic nitrogens is 5. The van der Waals surface area contributed by atoms with Gasteiger partial charge in [-0.25, -0.2) is 9.07 Å². The fraction of sp³-hybridized carbons (Fsp3) is 0.462. The Morgan fingerprint density at radius 1 is 1.05 bits per heavy atom. The molecular weight excluding hydrogens is 774 g/mol. The lowest BCUT2D eigenvalue weighted by molar-refractivity contribution is 0.502. The number of anilines is 1. The van der Waals surface area contributed by atoms with Crippen molar-refractivity contribution in [2.45, 2.75) is 140 Å². The van der Waals surface area contributed by atoms with Gasteiger partial charge in [-0.15, -0.1) is 10.2 Å².